The van der Waals surface area contributed by atoms with Crippen LogP contribution in [0.4, 0.5) is 4.39 Å². The number of hydrogen-bond acceptors (Lipinski definition) is 5. The minimum atomic E-state index is -1.07. The number of esters is 1. The minimum absolute atomic E-state index is 0.0385. The lowest BCUT2D eigenvalue weighted by atomic mass is 10.1. The molecule has 0 radical (unpaired) electrons. The van der Waals surface area contributed by atoms with E-state index in [0.29, 0.717) is 18.5 Å². The molecular formula is C17H24ClFN2O3. The highest BCUT2D eigenvalue weighted by atomic mass is 35.5. The van der Waals surface area contributed by atoms with Crippen LogP contribution in [0.3, 0.4) is 0 Å². The summed E-state index contributed by atoms with van der Waals surface area (Å²) in [7, 11) is 0. The molecule has 7 heteroatoms. The van der Waals surface area contributed by atoms with Crippen molar-refractivity contribution in [3.05, 3.63) is 34.6 Å². The van der Waals surface area contributed by atoms with Gasteiger partial charge < -0.3 is 9.84 Å². The molecule has 2 N–H and O–H groups in total. The summed E-state index contributed by atoms with van der Waals surface area (Å²) in [4.78, 5) is 13.9. The number of aliphatic hydroxyl groups excluding tert-OH is 1. The molecule has 2 rings (SSSR count). The number of carbonyl (C=O) groups excluding carboxylic acids is 1. The Hall–Kier alpha value is -1.21. The maximum absolute atomic E-state index is 13.9. The third-order valence-corrected chi connectivity index (χ3v) is 4.09. The highest BCUT2D eigenvalue weighted by Crippen LogP contribution is 2.23. The van der Waals surface area contributed by atoms with Crippen LogP contribution in [-0.4, -0.2) is 40.5 Å². The quantitative estimate of drug-likeness (QED) is 0.626. The van der Waals surface area contributed by atoms with Gasteiger partial charge in [0.25, 0.3) is 0 Å². The first-order valence-corrected chi connectivity index (χ1v) is 8.40. The van der Waals surface area contributed by atoms with Crippen molar-refractivity contribution in [2.75, 3.05) is 6.54 Å². The standard InChI is InChI=1S/C17H24ClFN2O3/c1-17(2,3)24-15(22)13-8-5-9-21(13)16(23)20-10-11-6-4-7-12(18)14(11)19/h4,6-7,13,16,20,23H,5,8-10H2,1-3H3/t13-,16?/m0/s1. The largest absolute Gasteiger partial charge is 0.459 e. The molecule has 1 fully saturated rings. The lowest BCUT2D eigenvalue weighted by Gasteiger charge is -2.30. The number of ether oxygens (including phenoxy) is 1. The fourth-order valence-corrected chi connectivity index (χ4v) is 2.90. The zero-order valence-corrected chi connectivity index (χ0v) is 14.9. The number of rotatable bonds is 5. The van der Waals surface area contributed by atoms with Gasteiger partial charge >= 0.3 is 5.97 Å². The molecule has 24 heavy (non-hydrogen) atoms. The van der Waals surface area contributed by atoms with Gasteiger partial charge in [-0.1, -0.05) is 23.7 Å². The molecule has 134 valence electrons. The van der Waals surface area contributed by atoms with E-state index in [1.807, 2.05) is 0 Å². The summed E-state index contributed by atoms with van der Waals surface area (Å²) >= 11 is 5.75. The number of aliphatic hydroxyl groups is 1. The van der Waals surface area contributed by atoms with Crippen molar-refractivity contribution in [2.45, 2.75) is 58.2 Å². The van der Waals surface area contributed by atoms with Gasteiger partial charge in [-0.2, -0.15) is 0 Å². The number of likely N-dealkylation sites (tertiary alicyclic amines) is 1. The highest BCUT2D eigenvalue weighted by Gasteiger charge is 2.37. The average Bonchev–Trinajstić information content (AvgIpc) is 2.96. The number of hydrogen-bond donors (Lipinski definition) is 2. The van der Waals surface area contributed by atoms with Gasteiger partial charge in [0.15, 0.2) is 6.35 Å². The molecule has 0 bridgehead atoms. The number of nitrogens with zero attached hydrogens (tertiary/aromatic N) is 1. The van der Waals surface area contributed by atoms with Crippen molar-refractivity contribution in [1.82, 2.24) is 10.2 Å². The van der Waals surface area contributed by atoms with Crippen LogP contribution in [0.2, 0.25) is 5.02 Å². The molecule has 1 aliphatic rings. The summed E-state index contributed by atoms with van der Waals surface area (Å²) in [6, 6.07) is 4.20. The average molecular weight is 359 g/mol. The first kappa shape index (κ1) is 19.1. The maximum Gasteiger partial charge on any atom is 0.323 e. The minimum Gasteiger partial charge on any atom is -0.459 e. The summed E-state index contributed by atoms with van der Waals surface area (Å²) in [5, 5.41) is 13.2. The Bertz CT molecular complexity index is 592. The Balaban J connectivity index is 1.96. The van der Waals surface area contributed by atoms with Crippen molar-refractivity contribution in [1.29, 1.82) is 0 Å². The lowest BCUT2D eigenvalue weighted by molar-refractivity contribution is -0.165. The van der Waals surface area contributed by atoms with Gasteiger partial charge in [0.1, 0.15) is 17.5 Å². The molecule has 1 unspecified atom stereocenters. The van der Waals surface area contributed by atoms with Crippen molar-refractivity contribution in [2.24, 2.45) is 0 Å². The normalized spacial score (nSPS) is 20.2. The van der Waals surface area contributed by atoms with E-state index in [9.17, 15) is 14.3 Å². The van der Waals surface area contributed by atoms with Crippen LogP contribution in [0.1, 0.15) is 39.2 Å². The fraction of sp³-hybridized carbons (Fsp3) is 0.588. The van der Waals surface area contributed by atoms with E-state index < -0.39 is 23.8 Å². The van der Waals surface area contributed by atoms with Crippen LogP contribution in [-0.2, 0) is 16.1 Å². The summed E-state index contributed by atoms with van der Waals surface area (Å²) in [5.74, 6) is -0.862. The molecule has 1 heterocycles. The third kappa shape index (κ3) is 4.89. The van der Waals surface area contributed by atoms with Gasteiger partial charge in [-0.15, -0.1) is 0 Å². The molecule has 0 spiro atoms. The zero-order chi connectivity index (χ0) is 17.9. The van der Waals surface area contributed by atoms with Gasteiger partial charge in [0.2, 0.25) is 0 Å². The van der Waals surface area contributed by atoms with Crippen LogP contribution in [0, 0.1) is 5.82 Å². The van der Waals surface area contributed by atoms with Gasteiger partial charge in [-0.05, 0) is 39.7 Å². The Kier molecular flexibility index (Phi) is 6.20. The van der Waals surface area contributed by atoms with Crippen molar-refractivity contribution in [3.8, 4) is 0 Å². The molecule has 1 aromatic rings. The topological polar surface area (TPSA) is 61.8 Å². The highest BCUT2D eigenvalue weighted by molar-refractivity contribution is 6.30. The summed E-state index contributed by atoms with van der Waals surface area (Å²) in [5.41, 5.74) is -0.220. The molecule has 0 aliphatic carbocycles. The predicted molar refractivity (Wildman–Crippen MR) is 89.8 cm³/mol. The van der Waals surface area contributed by atoms with Crippen molar-refractivity contribution < 1.29 is 19.0 Å². The zero-order valence-electron chi connectivity index (χ0n) is 14.2. The molecule has 0 amide bonds. The molecule has 2 atom stereocenters. The van der Waals surface area contributed by atoms with E-state index in [0.717, 1.165) is 6.42 Å². The maximum atomic E-state index is 13.9. The van der Waals surface area contributed by atoms with Gasteiger partial charge in [-0.3, -0.25) is 15.0 Å². The summed E-state index contributed by atoms with van der Waals surface area (Å²) in [6.45, 7) is 6.09. The van der Waals surface area contributed by atoms with Crippen LogP contribution in [0.25, 0.3) is 0 Å². The van der Waals surface area contributed by atoms with E-state index in [-0.39, 0.29) is 17.5 Å². The lowest BCUT2D eigenvalue weighted by Crippen LogP contribution is -2.51. The second-order valence-electron chi connectivity index (χ2n) is 6.90. The van der Waals surface area contributed by atoms with E-state index >= 15 is 0 Å². The first-order valence-electron chi connectivity index (χ1n) is 8.02. The molecule has 1 aliphatic heterocycles. The molecule has 1 saturated heterocycles. The third-order valence-electron chi connectivity index (χ3n) is 3.79. The van der Waals surface area contributed by atoms with E-state index in [2.05, 4.69) is 5.32 Å². The number of benzene rings is 1. The molecular weight excluding hydrogens is 335 g/mol. The van der Waals surface area contributed by atoms with Crippen molar-refractivity contribution >= 4 is 17.6 Å². The van der Waals surface area contributed by atoms with Crippen LogP contribution >= 0.6 is 11.6 Å². The van der Waals surface area contributed by atoms with Gasteiger partial charge in [-0.25, -0.2) is 4.39 Å². The van der Waals surface area contributed by atoms with Crippen LogP contribution in [0.5, 0.6) is 0 Å². The summed E-state index contributed by atoms with van der Waals surface area (Å²) < 4.78 is 19.3. The second-order valence-corrected chi connectivity index (χ2v) is 7.30. The number of carbonyl (C=O) groups is 1. The van der Waals surface area contributed by atoms with Crippen LogP contribution in [0.15, 0.2) is 18.2 Å². The smallest absolute Gasteiger partial charge is 0.323 e. The van der Waals surface area contributed by atoms with E-state index in [4.69, 9.17) is 16.3 Å². The van der Waals surface area contributed by atoms with Crippen LogP contribution < -0.4 is 5.32 Å². The van der Waals surface area contributed by atoms with E-state index in [1.54, 1.807) is 37.8 Å². The first-order chi connectivity index (χ1) is 11.2. The van der Waals surface area contributed by atoms with Crippen molar-refractivity contribution in [3.63, 3.8) is 0 Å². The monoisotopic (exact) mass is 358 g/mol. The van der Waals surface area contributed by atoms with Gasteiger partial charge in [0.05, 0.1) is 5.02 Å². The molecule has 0 saturated carbocycles. The Morgan fingerprint density at radius 1 is 1.54 bits per heavy atom. The fourth-order valence-electron chi connectivity index (χ4n) is 2.71. The Morgan fingerprint density at radius 3 is 2.92 bits per heavy atom. The Labute approximate surface area is 146 Å². The summed E-state index contributed by atoms with van der Waals surface area (Å²) in [6.07, 6.45) is 0.344. The van der Waals surface area contributed by atoms with E-state index in [1.165, 1.54) is 6.07 Å². The Morgan fingerprint density at radius 2 is 2.25 bits per heavy atom. The predicted octanol–water partition coefficient (Wildman–Crippen LogP) is 2.65. The number of halogens is 2. The number of nitrogens with one attached hydrogen (secondary N) is 1. The molecule has 1 aromatic carbocycles. The second kappa shape index (κ2) is 7.78. The molecule has 0 aromatic heterocycles. The SMILES string of the molecule is CC(C)(C)OC(=O)[C@@H]1CCCN1C(O)NCc1cccc(Cl)c1F. The van der Waals surface area contributed by atoms with Gasteiger partial charge in [0, 0.05) is 18.7 Å². The molecule has 5 nitrogen and oxygen atoms in total.